The number of fused-ring (bicyclic) bond motifs is 1. The second-order valence-electron chi connectivity index (χ2n) is 8.42. The summed E-state index contributed by atoms with van der Waals surface area (Å²) < 4.78 is 5.49. The summed E-state index contributed by atoms with van der Waals surface area (Å²) in [6, 6.07) is 0. The largest absolute Gasteiger partial charge is 0.455 e. The number of aryl methyl sites for hydroxylation is 1. The maximum absolute atomic E-state index is 13.1. The molecule has 26 heavy (non-hydrogen) atoms. The SMILES string of the molecule is Cc1c(C(=O)OC(C)(C)C)[nH]c2c1C(=O)N(CCN1CCCC1)CCC2. The fourth-order valence-corrected chi connectivity index (χ4v) is 3.86. The van der Waals surface area contributed by atoms with Crippen molar-refractivity contribution < 1.29 is 14.3 Å². The van der Waals surface area contributed by atoms with Crippen LogP contribution in [0, 0.1) is 6.92 Å². The summed E-state index contributed by atoms with van der Waals surface area (Å²) in [6.07, 6.45) is 4.21. The van der Waals surface area contributed by atoms with Crippen LogP contribution in [0.25, 0.3) is 0 Å². The van der Waals surface area contributed by atoms with E-state index in [0.29, 0.717) is 16.8 Å². The van der Waals surface area contributed by atoms with E-state index >= 15 is 0 Å². The van der Waals surface area contributed by atoms with Gasteiger partial charge in [-0.15, -0.1) is 0 Å². The summed E-state index contributed by atoms with van der Waals surface area (Å²) in [5, 5.41) is 0. The standard InChI is InChI=1S/C20H31N3O3/c1-14-16-15(21-17(14)19(25)26-20(2,3)4)8-7-11-23(18(16)24)13-12-22-9-5-6-10-22/h21H,5-13H2,1-4H3. The van der Waals surface area contributed by atoms with E-state index in [9.17, 15) is 9.59 Å². The van der Waals surface area contributed by atoms with Crippen molar-refractivity contribution in [1.82, 2.24) is 14.8 Å². The van der Waals surface area contributed by atoms with Crippen molar-refractivity contribution in [2.24, 2.45) is 0 Å². The fourth-order valence-electron chi connectivity index (χ4n) is 3.86. The monoisotopic (exact) mass is 361 g/mol. The number of likely N-dealkylation sites (tertiary alicyclic amines) is 1. The molecule has 1 fully saturated rings. The van der Waals surface area contributed by atoms with Crippen molar-refractivity contribution in [3.05, 3.63) is 22.5 Å². The first-order valence-corrected chi connectivity index (χ1v) is 9.72. The Kier molecular flexibility index (Phi) is 5.42. The van der Waals surface area contributed by atoms with Crippen molar-refractivity contribution >= 4 is 11.9 Å². The van der Waals surface area contributed by atoms with Crippen molar-refractivity contribution in [2.45, 2.75) is 59.0 Å². The molecular formula is C20H31N3O3. The lowest BCUT2D eigenvalue weighted by molar-refractivity contribution is 0.00626. The van der Waals surface area contributed by atoms with Crippen LogP contribution in [0.2, 0.25) is 0 Å². The zero-order valence-electron chi connectivity index (χ0n) is 16.5. The lowest BCUT2D eigenvalue weighted by Gasteiger charge is -2.24. The number of hydrogen-bond acceptors (Lipinski definition) is 4. The highest BCUT2D eigenvalue weighted by Gasteiger charge is 2.31. The number of nitrogens with zero attached hydrogens (tertiary/aromatic N) is 2. The summed E-state index contributed by atoms with van der Waals surface area (Å²) in [4.78, 5) is 33.2. The Morgan fingerprint density at radius 3 is 2.46 bits per heavy atom. The van der Waals surface area contributed by atoms with Crippen LogP contribution in [0.3, 0.4) is 0 Å². The average molecular weight is 361 g/mol. The van der Waals surface area contributed by atoms with E-state index in [1.54, 1.807) is 0 Å². The van der Waals surface area contributed by atoms with Gasteiger partial charge in [-0.25, -0.2) is 4.79 Å². The van der Waals surface area contributed by atoms with Gasteiger partial charge >= 0.3 is 5.97 Å². The molecule has 0 unspecified atom stereocenters. The van der Waals surface area contributed by atoms with Crippen LogP contribution >= 0.6 is 0 Å². The summed E-state index contributed by atoms with van der Waals surface area (Å²) in [5.41, 5.74) is 2.12. The van der Waals surface area contributed by atoms with E-state index < -0.39 is 5.60 Å². The van der Waals surface area contributed by atoms with E-state index in [0.717, 1.165) is 51.3 Å². The van der Waals surface area contributed by atoms with E-state index in [1.165, 1.54) is 12.8 Å². The molecule has 6 nitrogen and oxygen atoms in total. The molecule has 144 valence electrons. The molecule has 1 aromatic rings. The van der Waals surface area contributed by atoms with Gasteiger partial charge in [0.05, 0.1) is 5.56 Å². The lowest BCUT2D eigenvalue weighted by Crippen LogP contribution is -2.38. The molecule has 3 rings (SSSR count). The van der Waals surface area contributed by atoms with Gasteiger partial charge in [0.25, 0.3) is 5.91 Å². The molecule has 1 saturated heterocycles. The van der Waals surface area contributed by atoms with Gasteiger partial charge in [-0.1, -0.05) is 0 Å². The van der Waals surface area contributed by atoms with Crippen LogP contribution < -0.4 is 0 Å². The molecule has 0 atom stereocenters. The number of rotatable bonds is 4. The highest BCUT2D eigenvalue weighted by Crippen LogP contribution is 2.26. The van der Waals surface area contributed by atoms with Gasteiger partial charge < -0.3 is 19.5 Å². The molecule has 1 amide bonds. The molecule has 0 spiro atoms. The Morgan fingerprint density at radius 2 is 1.81 bits per heavy atom. The smallest absolute Gasteiger partial charge is 0.355 e. The quantitative estimate of drug-likeness (QED) is 0.838. The van der Waals surface area contributed by atoms with Crippen LogP contribution in [0.5, 0.6) is 0 Å². The third-order valence-corrected chi connectivity index (χ3v) is 5.17. The molecule has 1 N–H and O–H groups in total. The second kappa shape index (κ2) is 7.43. The zero-order chi connectivity index (χ0) is 18.9. The van der Waals surface area contributed by atoms with E-state index in [4.69, 9.17) is 4.74 Å². The number of H-pyrrole nitrogens is 1. The minimum atomic E-state index is -0.558. The summed E-state index contributed by atoms with van der Waals surface area (Å²) >= 11 is 0. The Morgan fingerprint density at radius 1 is 1.12 bits per heavy atom. The first kappa shape index (κ1) is 19.0. The number of esters is 1. The van der Waals surface area contributed by atoms with Crippen molar-refractivity contribution in [2.75, 3.05) is 32.7 Å². The number of carbonyl (C=O) groups is 2. The highest BCUT2D eigenvalue weighted by atomic mass is 16.6. The number of carbonyl (C=O) groups excluding carboxylic acids is 2. The normalized spacial score (nSPS) is 18.8. The van der Waals surface area contributed by atoms with Gasteiger partial charge in [0.2, 0.25) is 0 Å². The minimum Gasteiger partial charge on any atom is -0.455 e. The number of aromatic nitrogens is 1. The molecule has 1 aromatic heterocycles. The van der Waals surface area contributed by atoms with Crippen LogP contribution in [0.15, 0.2) is 0 Å². The maximum Gasteiger partial charge on any atom is 0.355 e. The number of nitrogens with one attached hydrogen (secondary N) is 1. The van der Waals surface area contributed by atoms with Crippen molar-refractivity contribution in [3.63, 3.8) is 0 Å². The topological polar surface area (TPSA) is 65.6 Å². The number of aromatic amines is 1. The predicted octanol–water partition coefficient (Wildman–Crippen LogP) is 2.76. The molecule has 0 aliphatic carbocycles. The predicted molar refractivity (Wildman–Crippen MR) is 101 cm³/mol. The second-order valence-corrected chi connectivity index (χ2v) is 8.42. The third-order valence-electron chi connectivity index (χ3n) is 5.17. The molecule has 6 heteroatoms. The van der Waals surface area contributed by atoms with Gasteiger partial charge in [0.1, 0.15) is 11.3 Å². The Bertz CT molecular complexity index is 681. The van der Waals surface area contributed by atoms with E-state index in [1.807, 2.05) is 32.6 Å². The molecule has 2 aliphatic heterocycles. The van der Waals surface area contributed by atoms with Crippen LogP contribution in [-0.4, -0.2) is 65.0 Å². The van der Waals surface area contributed by atoms with Gasteiger partial charge in [-0.05, 0) is 72.0 Å². The number of amides is 1. The minimum absolute atomic E-state index is 0.0419. The van der Waals surface area contributed by atoms with Gasteiger partial charge in [0.15, 0.2) is 0 Å². The number of ether oxygens (including phenoxy) is 1. The summed E-state index contributed by atoms with van der Waals surface area (Å²) in [5.74, 6) is -0.347. The van der Waals surface area contributed by atoms with E-state index in [2.05, 4.69) is 9.88 Å². The molecule has 0 radical (unpaired) electrons. The van der Waals surface area contributed by atoms with Gasteiger partial charge in [0, 0.05) is 25.3 Å². The molecule has 3 heterocycles. The van der Waals surface area contributed by atoms with Crippen LogP contribution in [-0.2, 0) is 11.2 Å². The molecule has 0 saturated carbocycles. The first-order chi connectivity index (χ1) is 12.3. The molecule has 0 aromatic carbocycles. The van der Waals surface area contributed by atoms with Gasteiger partial charge in [-0.3, -0.25) is 4.79 Å². The van der Waals surface area contributed by atoms with Crippen LogP contribution in [0.1, 0.15) is 72.1 Å². The zero-order valence-corrected chi connectivity index (χ0v) is 16.5. The van der Waals surface area contributed by atoms with Crippen molar-refractivity contribution in [1.29, 1.82) is 0 Å². The Hall–Kier alpha value is -1.82. The fraction of sp³-hybridized carbons (Fsp3) is 0.700. The highest BCUT2D eigenvalue weighted by molar-refractivity contribution is 6.01. The molecular weight excluding hydrogens is 330 g/mol. The average Bonchev–Trinajstić information content (AvgIpc) is 3.13. The summed E-state index contributed by atoms with van der Waals surface area (Å²) in [6.45, 7) is 12.1. The van der Waals surface area contributed by atoms with E-state index in [-0.39, 0.29) is 11.9 Å². The number of hydrogen-bond donors (Lipinski definition) is 1. The van der Waals surface area contributed by atoms with Crippen LogP contribution in [0.4, 0.5) is 0 Å². The van der Waals surface area contributed by atoms with Gasteiger partial charge in [-0.2, -0.15) is 0 Å². The third kappa shape index (κ3) is 4.11. The Labute approximate surface area is 155 Å². The first-order valence-electron chi connectivity index (χ1n) is 9.72. The summed E-state index contributed by atoms with van der Waals surface area (Å²) in [7, 11) is 0. The molecule has 2 aliphatic rings. The Balaban J connectivity index is 1.77. The maximum atomic E-state index is 13.1. The molecule has 0 bridgehead atoms. The lowest BCUT2D eigenvalue weighted by atomic mass is 10.1. The van der Waals surface area contributed by atoms with Crippen molar-refractivity contribution in [3.8, 4) is 0 Å².